The maximum Gasteiger partial charge on any atom is 0.253 e. The number of nitrogens with zero attached hydrogens (tertiary/aromatic N) is 2. The van der Waals surface area contributed by atoms with Crippen LogP contribution in [-0.2, 0) is 0 Å². The van der Waals surface area contributed by atoms with Gasteiger partial charge in [0.2, 0.25) is 0 Å². The summed E-state index contributed by atoms with van der Waals surface area (Å²) in [5, 5.41) is 0. The molecule has 0 spiro atoms. The number of aryl methyl sites for hydroxylation is 1. The Morgan fingerprint density at radius 3 is 1.10 bits per heavy atom. The van der Waals surface area contributed by atoms with Crippen molar-refractivity contribution in [3.63, 3.8) is 0 Å². The maximum atomic E-state index is 15.9. The summed E-state index contributed by atoms with van der Waals surface area (Å²) in [6.07, 6.45) is 0. The van der Waals surface area contributed by atoms with Crippen molar-refractivity contribution in [1.82, 2.24) is 0 Å². The van der Waals surface area contributed by atoms with Crippen LogP contribution in [0.3, 0.4) is 0 Å². The molecule has 11 rings (SSSR count). The van der Waals surface area contributed by atoms with E-state index >= 15 is 8.78 Å². The van der Waals surface area contributed by atoms with Gasteiger partial charge in [0.15, 0.2) is 0 Å². The van der Waals surface area contributed by atoms with E-state index in [1.165, 1.54) is 12.1 Å². The average Bonchev–Trinajstić information content (AvgIpc) is 3.29. The van der Waals surface area contributed by atoms with Crippen molar-refractivity contribution in [2.75, 3.05) is 9.80 Å². The molecular formula is C55H37BF2N2. The maximum absolute atomic E-state index is 15.9. The summed E-state index contributed by atoms with van der Waals surface area (Å²) in [5.74, 6) is -0.552. The number of halogens is 2. The first kappa shape index (κ1) is 35.7. The molecule has 5 heteroatoms. The minimum Gasteiger partial charge on any atom is -0.311 e. The van der Waals surface area contributed by atoms with Crippen LogP contribution in [0.25, 0.3) is 44.5 Å². The first-order chi connectivity index (χ1) is 29.6. The van der Waals surface area contributed by atoms with Crippen LogP contribution >= 0.6 is 0 Å². The van der Waals surface area contributed by atoms with Crippen LogP contribution in [0, 0.1) is 18.6 Å². The smallest absolute Gasteiger partial charge is 0.253 e. The second kappa shape index (κ2) is 14.4. The van der Waals surface area contributed by atoms with Gasteiger partial charge in [0.1, 0.15) is 11.6 Å². The molecule has 2 aliphatic heterocycles. The molecule has 284 valence electrons. The molecule has 0 amide bonds. The molecular weight excluding hydrogens is 737 g/mol. The molecule has 2 heterocycles. The second-order valence-electron chi connectivity index (χ2n) is 15.5. The lowest BCUT2D eigenvalue weighted by atomic mass is 9.32. The molecule has 0 unspecified atom stereocenters. The lowest BCUT2D eigenvalue weighted by molar-refractivity contribution is 0.631. The van der Waals surface area contributed by atoms with Crippen molar-refractivity contribution in [3.8, 4) is 44.5 Å². The summed E-state index contributed by atoms with van der Waals surface area (Å²) in [4.78, 5) is 4.70. The Kier molecular flexibility index (Phi) is 8.56. The highest BCUT2D eigenvalue weighted by Gasteiger charge is 2.46. The van der Waals surface area contributed by atoms with Gasteiger partial charge in [-0.15, -0.1) is 0 Å². The summed E-state index contributed by atoms with van der Waals surface area (Å²) in [6, 6.07) is 69.3. The molecule has 0 saturated heterocycles. The number of rotatable bonds is 6. The molecule has 0 radical (unpaired) electrons. The van der Waals surface area contributed by atoms with Gasteiger partial charge in [-0.25, -0.2) is 8.78 Å². The van der Waals surface area contributed by atoms with E-state index in [1.54, 1.807) is 12.1 Å². The van der Waals surface area contributed by atoms with Gasteiger partial charge >= 0.3 is 0 Å². The van der Waals surface area contributed by atoms with E-state index in [-0.39, 0.29) is 18.3 Å². The highest BCUT2D eigenvalue weighted by atomic mass is 19.1. The fourth-order valence-electron chi connectivity index (χ4n) is 9.63. The predicted molar refractivity (Wildman–Crippen MR) is 247 cm³/mol. The molecule has 0 aromatic heterocycles. The molecule has 0 atom stereocenters. The highest BCUT2D eigenvalue weighted by molar-refractivity contribution is 7.02. The Hall–Kier alpha value is -7.50. The van der Waals surface area contributed by atoms with E-state index in [0.717, 1.165) is 89.5 Å². The quantitative estimate of drug-likeness (QED) is 0.155. The van der Waals surface area contributed by atoms with Gasteiger partial charge in [-0.05, 0) is 99.7 Å². The van der Waals surface area contributed by atoms with Crippen molar-refractivity contribution >= 4 is 57.2 Å². The van der Waals surface area contributed by atoms with Crippen LogP contribution in [0.2, 0.25) is 0 Å². The SMILES string of the molecule is Cc1cc2c3c(c1)N(c1ccccc1-c1ccccc1F)c1cccc(-c4ccccc4)c1B3c1c(-c3ccccc3)cccc1N2c1ccccc1-c1ccccc1F. The van der Waals surface area contributed by atoms with Gasteiger partial charge < -0.3 is 9.80 Å². The molecule has 0 fully saturated rings. The zero-order valence-corrected chi connectivity index (χ0v) is 32.9. The summed E-state index contributed by atoms with van der Waals surface area (Å²) in [7, 11) is 0. The Morgan fingerprint density at radius 1 is 0.317 bits per heavy atom. The van der Waals surface area contributed by atoms with Crippen LogP contribution in [-0.4, -0.2) is 6.71 Å². The molecule has 2 nitrogen and oxygen atoms in total. The lowest BCUT2D eigenvalue weighted by Crippen LogP contribution is -2.62. The highest BCUT2D eigenvalue weighted by Crippen LogP contribution is 2.50. The first-order valence-corrected chi connectivity index (χ1v) is 20.4. The minimum absolute atomic E-state index is 0.220. The summed E-state index contributed by atoms with van der Waals surface area (Å²) in [5.41, 5.74) is 17.5. The molecule has 0 saturated carbocycles. The van der Waals surface area contributed by atoms with Crippen molar-refractivity contribution in [2.45, 2.75) is 6.92 Å². The summed E-state index contributed by atoms with van der Waals surface area (Å²) >= 11 is 0. The molecule has 9 aromatic rings. The molecule has 0 aliphatic carbocycles. The van der Waals surface area contributed by atoms with Crippen molar-refractivity contribution in [1.29, 1.82) is 0 Å². The van der Waals surface area contributed by atoms with E-state index < -0.39 is 0 Å². The molecule has 0 N–H and O–H groups in total. The molecule has 60 heavy (non-hydrogen) atoms. The molecule has 0 bridgehead atoms. The zero-order valence-electron chi connectivity index (χ0n) is 32.9. The Labute approximate surface area is 349 Å². The normalized spacial score (nSPS) is 12.5. The Bertz CT molecular complexity index is 2900. The third-order valence-electron chi connectivity index (χ3n) is 12.1. The van der Waals surface area contributed by atoms with E-state index in [9.17, 15) is 0 Å². The van der Waals surface area contributed by atoms with Crippen LogP contribution in [0.1, 0.15) is 5.56 Å². The topological polar surface area (TPSA) is 6.48 Å². The fraction of sp³-hybridized carbons (Fsp3) is 0.0182. The van der Waals surface area contributed by atoms with Crippen LogP contribution in [0.5, 0.6) is 0 Å². The zero-order chi connectivity index (χ0) is 40.3. The van der Waals surface area contributed by atoms with Gasteiger partial charge in [0.25, 0.3) is 6.71 Å². The minimum atomic E-state index is -0.276. The number of fused-ring (bicyclic) bond motifs is 4. The average molecular weight is 775 g/mol. The van der Waals surface area contributed by atoms with E-state index in [4.69, 9.17) is 0 Å². The van der Waals surface area contributed by atoms with Crippen molar-refractivity contribution in [2.24, 2.45) is 0 Å². The fourth-order valence-corrected chi connectivity index (χ4v) is 9.63. The lowest BCUT2D eigenvalue weighted by Gasteiger charge is -2.46. The van der Waals surface area contributed by atoms with Gasteiger partial charge in [-0.1, -0.05) is 158 Å². The number of hydrogen-bond donors (Lipinski definition) is 0. The number of benzene rings is 9. The first-order valence-electron chi connectivity index (χ1n) is 20.4. The van der Waals surface area contributed by atoms with Gasteiger partial charge in [-0.3, -0.25) is 0 Å². The van der Waals surface area contributed by atoms with Gasteiger partial charge in [0.05, 0.1) is 11.4 Å². The Morgan fingerprint density at radius 2 is 0.667 bits per heavy atom. The summed E-state index contributed by atoms with van der Waals surface area (Å²) in [6.45, 7) is 1.92. The van der Waals surface area contributed by atoms with Crippen LogP contribution in [0.4, 0.5) is 42.9 Å². The van der Waals surface area contributed by atoms with E-state index in [0.29, 0.717) is 11.1 Å². The standard InChI is InChI=1S/C55H37BF2N2/c1-36-34-51-55-52(35-36)60(48-31-15-11-25-44(48)42-23-9-13-29-46(42)58)50-33-17-27-40(38-20-6-3-7-21-38)54(50)56(55)53-39(37-18-4-2-5-19-37)26-16-32-49(53)59(51)47-30-14-10-24-43(47)41-22-8-12-28-45(41)57/h2-35H,1H3. The van der Waals surface area contributed by atoms with Crippen LogP contribution < -0.4 is 26.2 Å². The monoisotopic (exact) mass is 774 g/mol. The summed E-state index contributed by atoms with van der Waals surface area (Å²) < 4.78 is 31.8. The van der Waals surface area contributed by atoms with Crippen LogP contribution in [0.15, 0.2) is 206 Å². The number of hydrogen-bond acceptors (Lipinski definition) is 2. The molecule has 2 aliphatic rings. The van der Waals surface area contributed by atoms with Gasteiger partial charge in [0, 0.05) is 45.0 Å². The van der Waals surface area contributed by atoms with E-state index in [1.807, 2.05) is 60.7 Å². The Balaban J connectivity index is 1.30. The van der Waals surface area contributed by atoms with Crippen molar-refractivity contribution in [3.05, 3.63) is 223 Å². The third kappa shape index (κ3) is 5.61. The second-order valence-corrected chi connectivity index (χ2v) is 15.5. The number of anilines is 6. The largest absolute Gasteiger partial charge is 0.311 e. The number of para-hydroxylation sites is 2. The van der Waals surface area contributed by atoms with Crippen molar-refractivity contribution < 1.29 is 8.78 Å². The van der Waals surface area contributed by atoms with E-state index in [2.05, 4.69) is 138 Å². The van der Waals surface area contributed by atoms with Gasteiger partial charge in [-0.2, -0.15) is 0 Å². The molecule has 9 aromatic carbocycles. The predicted octanol–water partition coefficient (Wildman–Crippen LogP) is 13.0. The third-order valence-corrected chi connectivity index (χ3v) is 12.1.